The molecule has 1 aromatic heterocycles. The summed E-state index contributed by atoms with van der Waals surface area (Å²) < 4.78 is 3.15. The van der Waals surface area contributed by atoms with E-state index in [2.05, 4.69) is 28.9 Å². The van der Waals surface area contributed by atoms with Gasteiger partial charge in [-0.2, -0.15) is 0 Å². The Kier molecular flexibility index (Phi) is 3.72. The molecule has 1 heterocycles. The molecular formula is C12H11BrOS2. The topological polar surface area (TPSA) is 17.1 Å². The van der Waals surface area contributed by atoms with Gasteiger partial charge in [-0.25, -0.2) is 0 Å². The van der Waals surface area contributed by atoms with Crippen LogP contribution in [0.3, 0.4) is 0 Å². The Morgan fingerprint density at radius 1 is 1.38 bits per heavy atom. The third-order valence-corrected chi connectivity index (χ3v) is 5.34. The van der Waals surface area contributed by atoms with Gasteiger partial charge in [0.15, 0.2) is 5.43 Å². The number of rotatable bonds is 2. The first-order valence-electron chi connectivity index (χ1n) is 4.98. The highest BCUT2D eigenvalue weighted by Gasteiger charge is 2.07. The van der Waals surface area contributed by atoms with E-state index < -0.39 is 0 Å². The van der Waals surface area contributed by atoms with Crippen molar-refractivity contribution >= 4 is 49.1 Å². The first kappa shape index (κ1) is 12.1. The molecule has 0 bridgehead atoms. The Labute approximate surface area is 111 Å². The van der Waals surface area contributed by atoms with E-state index in [0.29, 0.717) is 0 Å². The summed E-state index contributed by atoms with van der Waals surface area (Å²) in [4.78, 5) is 12.0. The van der Waals surface area contributed by atoms with E-state index in [9.17, 15) is 4.79 Å². The quantitative estimate of drug-likeness (QED) is 0.762. The number of hydrogen-bond donors (Lipinski definition) is 0. The lowest BCUT2D eigenvalue weighted by Gasteiger charge is -2.04. The van der Waals surface area contributed by atoms with Gasteiger partial charge < -0.3 is 0 Å². The monoisotopic (exact) mass is 314 g/mol. The second-order valence-electron chi connectivity index (χ2n) is 3.49. The summed E-state index contributed by atoms with van der Waals surface area (Å²) in [5.41, 5.74) is 1.23. The van der Waals surface area contributed by atoms with Gasteiger partial charge in [0.2, 0.25) is 0 Å². The molecule has 2 rings (SSSR count). The average molecular weight is 315 g/mol. The molecule has 0 saturated heterocycles. The molecular weight excluding hydrogens is 304 g/mol. The first-order chi connectivity index (χ1) is 7.61. The van der Waals surface area contributed by atoms with Gasteiger partial charge in [-0.05, 0) is 46.3 Å². The Balaban J connectivity index is 2.77. The van der Waals surface area contributed by atoms with Gasteiger partial charge in [0, 0.05) is 15.9 Å². The minimum Gasteiger partial charge on any atom is -0.289 e. The standard InChI is InChI=1S/C12H11BrOS2/c1-3-15-11-6-10(14)8-4-7(2)5-9(13)12(8)16-11/h4-6H,3H2,1-2H3. The zero-order valence-electron chi connectivity index (χ0n) is 9.04. The summed E-state index contributed by atoms with van der Waals surface area (Å²) in [5.74, 6) is 0.991. The van der Waals surface area contributed by atoms with Gasteiger partial charge in [0.25, 0.3) is 0 Å². The van der Waals surface area contributed by atoms with Crippen molar-refractivity contribution in [3.05, 3.63) is 38.5 Å². The Morgan fingerprint density at radius 3 is 2.81 bits per heavy atom. The minimum atomic E-state index is 0.120. The van der Waals surface area contributed by atoms with Crippen LogP contribution in [0.4, 0.5) is 0 Å². The van der Waals surface area contributed by atoms with Crippen LogP contribution in [0.2, 0.25) is 0 Å². The van der Waals surface area contributed by atoms with E-state index >= 15 is 0 Å². The Bertz CT molecular complexity index is 589. The molecule has 0 N–H and O–H groups in total. The van der Waals surface area contributed by atoms with Gasteiger partial charge in [-0.15, -0.1) is 23.1 Å². The van der Waals surface area contributed by atoms with Crippen molar-refractivity contribution in [1.29, 1.82) is 0 Å². The van der Waals surface area contributed by atoms with E-state index in [1.165, 1.54) is 0 Å². The number of hydrogen-bond acceptors (Lipinski definition) is 3. The largest absolute Gasteiger partial charge is 0.289 e. The highest BCUT2D eigenvalue weighted by Crippen LogP contribution is 2.32. The van der Waals surface area contributed by atoms with E-state index in [4.69, 9.17) is 0 Å². The second kappa shape index (κ2) is 4.90. The second-order valence-corrected chi connectivity index (χ2v) is 6.96. The van der Waals surface area contributed by atoms with Gasteiger partial charge in [-0.3, -0.25) is 4.79 Å². The summed E-state index contributed by atoms with van der Waals surface area (Å²) in [6.45, 7) is 4.10. The van der Waals surface area contributed by atoms with Crippen molar-refractivity contribution in [2.24, 2.45) is 0 Å². The molecule has 0 saturated carbocycles. The third-order valence-electron chi connectivity index (χ3n) is 2.19. The summed E-state index contributed by atoms with van der Waals surface area (Å²) in [6, 6.07) is 5.75. The van der Waals surface area contributed by atoms with Crippen LogP contribution in [-0.4, -0.2) is 5.75 Å². The average Bonchev–Trinajstić information content (AvgIpc) is 2.20. The molecule has 16 heavy (non-hydrogen) atoms. The normalized spacial score (nSPS) is 10.9. The molecule has 4 heteroatoms. The smallest absolute Gasteiger partial charge is 0.189 e. The Morgan fingerprint density at radius 2 is 2.12 bits per heavy atom. The fourth-order valence-corrected chi connectivity index (χ4v) is 4.47. The van der Waals surface area contributed by atoms with Gasteiger partial charge in [0.05, 0.1) is 8.91 Å². The lowest BCUT2D eigenvalue weighted by Crippen LogP contribution is -1.99. The number of thioether (sulfide) groups is 1. The van der Waals surface area contributed by atoms with Crippen molar-refractivity contribution in [1.82, 2.24) is 0 Å². The molecule has 0 aliphatic heterocycles. The zero-order chi connectivity index (χ0) is 11.7. The molecule has 1 aromatic carbocycles. The predicted octanol–water partition coefficient (Wildman–Crippen LogP) is 4.44. The maximum Gasteiger partial charge on any atom is 0.189 e. The molecule has 0 radical (unpaired) electrons. The number of fused-ring (bicyclic) bond motifs is 1. The van der Waals surface area contributed by atoms with Crippen molar-refractivity contribution in [3.8, 4) is 0 Å². The molecule has 1 nitrogen and oxygen atoms in total. The van der Waals surface area contributed by atoms with Crippen LogP contribution < -0.4 is 5.43 Å². The third kappa shape index (κ3) is 2.34. The number of halogens is 1. The SMILES string of the molecule is CCSc1cc(=O)c2cc(C)cc(Br)c2s1. The highest BCUT2D eigenvalue weighted by molar-refractivity contribution is 9.10. The fraction of sp³-hybridized carbons (Fsp3) is 0.250. The van der Waals surface area contributed by atoms with Gasteiger partial charge in [-0.1, -0.05) is 6.92 Å². The predicted molar refractivity (Wildman–Crippen MR) is 76.9 cm³/mol. The van der Waals surface area contributed by atoms with E-state index in [1.807, 2.05) is 13.0 Å². The molecule has 84 valence electrons. The van der Waals surface area contributed by atoms with Crippen LogP contribution in [0.25, 0.3) is 10.1 Å². The molecule has 0 aliphatic rings. The van der Waals surface area contributed by atoms with Crippen LogP contribution >= 0.6 is 39.0 Å². The van der Waals surface area contributed by atoms with Crippen LogP contribution in [0.5, 0.6) is 0 Å². The molecule has 0 atom stereocenters. The molecule has 0 fully saturated rings. The zero-order valence-corrected chi connectivity index (χ0v) is 12.3. The minimum absolute atomic E-state index is 0.120. The summed E-state index contributed by atoms with van der Waals surface area (Å²) in [5, 5.41) is 0.817. The lowest BCUT2D eigenvalue weighted by atomic mass is 10.2. The van der Waals surface area contributed by atoms with Crippen molar-refractivity contribution in [2.75, 3.05) is 5.75 Å². The summed E-state index contributed by atoms with van der Waals surface area (Å²) >= 11 is 6.92. The lowest BCUT2D eigenvalue weighted by molar-refractivity contribution is 1.47. The van der Waals surface area contributed by atoms with E-state index in [0.717, 1.165) is 30.1 Å². The number of benzene rings is 1. The van der Waals surface area contributed by atoms with E-state index in [-0.39, 0.29) is 5.43 Å². The maximum atomic E-state index is 12.0. The molecule has 0 unspecified atom stereocenters. The van der Waals surface area contributed by atoms with Crippen LogP contribution in [0.1, 0.15) is 12.5 Å². The van der Waals surface area contributed by atoms with E-state index in [1.54, 1.807) is 29.2 Å². The molecule has 0 amide bonds. The van der Waals surface area contributed by atoms with Crippen LogP contribution in [0.15, 0.2) is 31.7 Å². The van der Waals surface area contributed by atoms with Crippen molar-refractivity contribution in [2.45, 2.75) is 18.1 Å². The van der Waals surface area contributed by atoms with Crippen LogP contribution in [0, 0.1) is 6.92 Å². The maximum absolute atomic E-state index is 12.0. The summed E-state index contributed by atoms with van der Waals surface area (Å²) in [7, 11) is 0. The Hall–Kier alpha value is -0.320. The van der Waals surface area contributed by atoms with Crippen LogP contribution in [-0.2, 0) is 0 Å². The fourth-order valence-electron chi connectivity index (χ4n) is 1.54. The van der Waals surface area contributed by atoms with Gasteiger partial charge >= 0.3 is 0 Å². The van der Waals surface area contributed by atoms with Crippen molar-refractivity contribution in [3.63, 3.8) is 0 Å². The first-order valence-corrected chi connectivity index (χ1v) is 7.58. The molecule has 0 aliphatic carbocycles. The summed E-state index contributed by atoms with van der Waals surface area (Å²) in [6.07, 6.45) is 0. The number of aryl methyl sites for hydroxylation is 1. The molecule has 0 spiro atoms. The van der Waals surface area contributed by atoms with Crippen molar-refractivity contribution < 1.29 is 0 Å². The highest BCUT2D eigenvalue weighted by atomic mass is 79.9. The molecule has 2 aromatic rings. The van der Waals surface area contributed by atoms with Gasteiger partial charge in [0.1, 0.15) is 0 Å².